The van der Waals surface area contributed by atoms with Gasteiger partial charge in [-0.05, 0) is 56.1 Å². The van der Waals surface area contributed by atoms with Crippen molar-refractivity contribution in [3.05, 3.63) is 56.3 Å². The van der Waals surface area contributed by atoms with Crippen LogP contribution < -0.4 is 0 Å². The Morgan fingerprint density at radius 3 is 1.42 bits per heavy atom. The van der Waals surface area contributed by atoms with Crippen molar-refractivity contribution in [2.24, 2.45) is 0 Å². The van der Waals surface area contributed by atoms with Gasteiger partial charge in [0.1, 0.15) is 11.4 Å². The van der Waals surface area contributed by atoms with E-state index in [2.05, 4.69) is 31.9 Å². The second-order valence-electron chi connectivity index (χ2n) is 5.38. The first-order valence-corrected chi connectivity index (χ1v) is 8.55. The molecule has 0 atom stereocenters. The second-order valence-corrected chi connectivity index (χ2v) is 6.95. The van der Waals surface area contributed by atoms with Gasteiger partial charge in [-0.15, -0.1) is 0 Å². The van der Waals surface area contributed by atoms with Crippen LogP contribution in [0.3, 0.4) is 0 Å². The third-order valence-corrected chi connectivity index (χ3v) is 4.90. The minimum absolute atomic E-state index is 0.271. The van der Waals surface area contributed by atoms with Gasteiger partial charge in [-0.2, -0.15) is 0 Å². The Kier molecular flexibility index (Phi) is 3.36. The molecule has 2 aliphatic rings. The highest BCUT2D eigenvalue weighted by Crippen LogP contribution is 2.46. The average molecular weight is 454 g/mol. The molecule has 6 nitrogen and oxygen atoms in total. The maximum atomic E-state index is 12.8. The van der Waals surface area contributed by atoms with Crippen molar-refractivity contribution in [3.8, 4) is 0 Å². The molecule has 0 aromatic carbocycles. The van der Waals surface area contributed by atoms with E-state index in [-0.39, 0.29) is 11.8 Å². The summed E-state index contributed by atoms with van der Waals surface area (Å²) in [6.45, 7) is 0. The Morgan fingerprint density at radius 1 is 0.750 bits per heavy atom. The average Bonchev–Trinajstić information content (AvgIpc) is 3.25. The smallest absolute Gasteiger partial charge is 0.261 e. The number of nitrogens with zero attached hydrogens (tertiary/aromatic N) is 2. The Labute approximate surface area is 153 Å². The summed E-state index contributed by atoms with van der Waals surface area (Å²) < 4.78 is 12.2. The lowest BCUT2D eigenvalue weighted by molar-refractivity contribution is -0.123. The fraction of sp³-hybridized carbons (Fsp3) is 0.125. The van der Waals surface area contributed by atoms with Gasteiger partial charge in [0, 0.05) is 14.1 Å². The molecule has 24 heavy (non-hydrogen) atoms. The van der Waals surface area contributed by atoms with Crippen LogP contribution in [-0.4, -0.2) is 35.7 Å². The first-order valence-electron chi connectivity index (χ1n) is 6.96. The predicted molar refractivity (Wildman–Crippen MR) is 92.2 cm³/mol. The third-order valence-electron chi connectivity index (χ3n) is 4.04. The van der Waals surface area contributed by atoms with Crippen molar-refractivity contribution in [3.63, 3.8) is 0 Å². The molecular formula is C16H10Br2N2O4. The fourth-order valence-electron chi connectivity index (χ4n) is 2.99. The highest BCUT2D eigenvalue weighted by Gasteiger charge is 2.48. The molecule has 0 N–H and O–H groups in total. The Morgan fingerprint density at radius 2 is 1.12 bits per heavy atom. The van der Waals surface area contributed by atoms with Gasteiger partial charge >= 0.3 is 0 Å². The van der Waals surface area contributed by atoms with Crippen LogP contribution in [0.25, 0.3) is 11.4 Å². The van der Waals surface area contributed by atoms with Gasteiger partial charge in [0.15, 0.2) is 20.9 Å². The van der Waals surface area contributed by atoms with Gasteiger partial charge in [0.25, 0.3) is 11.8 Å². The molecule has 0 bridgehead atoms. The van der Waals surface area contributed by atoms with Crippen molar-refractivity contribution in [1.29, 1.82) is 0 Å². The number of fused-ring (bicyclic) bond motifs is 1. The molecule has 0 aliphatic carbocycles. The van der Waals surface area contributed by atoms with Crippen molar-refractivity contribution >= 4 is 55.1 Å². The molecule has 0 unspecified atom stereocenters. The van der Waals surface area contributed by atoms with Crippen LogP contribution in [0.5, 0.6) is 0 Å². The summed E-state index contributed by atoms with van der Waals surface area (Å²) in [7, 11) is 3.24. The van der Waals surface area contributed by atoms with E-state index in [1.807, 2.05) is 0 Å². The molecule has 0 fully saturated rings. The molecule has 2 aromatic rings. The highest BCUT2D eigenvalue weighted by molar-refractivity contribution is 9.10. The Balaban J connectivity index is 2.00. The summed E-state index contributed by atoms with van der Waals surface area (Å²) in [4.78, 5) is 28.5. The minimum Gasteiger partial charge on any atom is -0.448 e. The number of hydrogen-bond acceptors (Lipinski definition) is 4. The Bertz CT molecular complexity index is 888. The molecule has 2 aliphatic heterocycles. The molecule has 2 aromatic heterocycles. The van der Waals surface area contributed by atoms with E-state index >= 15 is 0 Å². The summed E-state index contributed by atoms with van der Waals surface area (Å²) in [5.41, 5.74) is 1.57. The number of carbonyl (C=O) groups is 2. The molecule has 8 heteroatoms. The lowest BCUT2D eigenvalue weighted by atomic mass is 10.1. The number of hydrogen-bond donors (Lipinski definition) is 0. The predicted octanol–water partition coefficient (Wildman–Crippen LogP) is 3.46. The molecule has 2 amide bonds. The zero-order chi connectivity index (χ0) is 17.2. The SMILES string of the molecule is CN1C(=O)C2=C(c3ccc(Br)o3)N(C)C(=O)C2=C1c1ccc(Br)o1. The fourth-order valence-corrected chi connectivity index (χ4v) is 3.60. The molecule has 4 heterocycles. The molecule has 4 rings (SSSR count). The Hall–Kier alpha value is -2.06. The van der Waals surface area contributed by atoms with E-state index in [0.29, 0.717) is 43.4 Å². The molecule has 0 saturated carbocycles. The molecular weight excluding hydrogens is 444 g/mol. The topological polar surface area (TPSA) is 66.9 Å². The van der Waals surface area contributed by atoms with E-state index < -0.39 is 0 Å². The summed E-state index contributed by atoms with van der Waals surface area (Å²) in [6, 6.07) is 6.87. The van der Waals surface area contributed by atoms with E-state index in [9.17, 15) is 9.59 Å². The standard InChI is InChI=1S/C16H10Br2N2O4/c1-19-13(7-3-5-9(17)23-7)11-12(15(19)21)14(20(2)16(11)22)8-4-6-10(18)24-8/h3-6H,1-2H3. The van der Waals surface area contributed by atoms with Gasteiger partial charge in [-0.3, -0.25) is 9.59 Å². The number of likely N-dealkylation sites (N-methyl/N-ethyl adjacent to an activating group) is 2. The molecule has 0 spiro atoms. The normalized spacial score (nSPS) is 17.7. The van der Waals surface area contributed by atoms with Crippen LogP contribution in [0.15, 0.2) is 53.6 Å². The molecule has 0 saturated heterocycles. The maximum Gasteiger partial charge on any atom is 0.261 e. The summed E-state index contributed by atoms with van der Waals surface area (Å²) in [5.74, 6) is 0.359. The van der Waals surface area contributed by atoms with Gasteiger partial charge in [0.2, 0.25) is 0 Å². The minimum atomic E-state index is -0.271. The third kappa shape index (κ3) is 1.99. The van der Waals surface area contributed by atoms with Crippen molar-refractivity contribution in [2.75, 3.05) is 14.1 Å². The summed E-state index contributed by atoms with van der Waals surface area (Å²) in [6.07, 6.45) is 0. The number of furan rings is 2. The lowest BCUT2D eigenvalue weighted by Crippen LogP contribution is -2.24. The number of amides is 2. The second kappa shape index (κ2) is 5.22. The maximum absolute atomic E-state index is 12.8. The van der Waals surface area contributed by atoms with Gasteiger partial charge in [-0.25, -0.2) is 0 Å². The summed E-state index contributed by atoms with van der Waals surface area (Å²) >= 11 is 6.49. The zero-order valence-electron chi connectivity index (χ0n) is 12.6. The first kappa shape index (κ1) is 15.5. The summed E-state index contributed by atoms with van der Waals surface area (Å²) in [5, 5.41) is 0. The lowest BCUT2D eigenvalue weighted by Gasteiger charge is -2.17. The van der Waals surface area contributed by atoms with Crippen LogP contribution in [0.1, 0.15) is 11.5 Å². The van der Waals surface area contributed by atoms with Gasteiger partial charge in [0.05, 0.1) is 11.1 Å². The monoisotopic (exact) mass is 452 g/mol. The number of carbonyl (C=O) groups excluding carboxylic acids is 2. The van der Waals surface area contributed by atoms with Crippen molar-refractivity contribution < 1.29 is 18.4 Å². The molecule has 0 radical (unpaired) electrons. The van der Waals surface area contributed by atoms with Crippen molar-refractivity contribution in [2.45, 2.75) is 0 Å². The van der Waals surface area contributed by atoms with Crippen LogP contribution in [0.2, 0.25) is 0 Å². The van der Waals surface area contributed by atoms with Gasteiger partial charge < -0.3 is 18.6 Å². The van der Waals surface area contributed by atoms with E-state index in [1.54, 1.807) is 38.4 Å². The molecule has 122 valence electrons. The van der Waals surface area contributed by atoms with Crippen molar-refractivity contribution in [1.82, 2.24) is 9.80 Å². The van der Waals surface area contributed by atoms with Crippen LogP contribution in [0, 0.1) is 0 Å². The van der Waals surface area contributed by atoms with E-state index in [1.165, 1.54) is 9.80 Å². The van der Waals surface area contributed by atoms with E-state index in [0.717, 1.165) is 0 Å². The van der Waals surface area contributed by atoms with E-state index in [4.69, 9.17) is 8.83 Å². The van der Waals surface area contributed by atoms with Gasteiger partial charge in [-0.1, -0.05) is 0 Å². The van der Waals surface area contributed by atoms with Crippen LogP contribution >= 0.6 is 31.9 Å². The number of halogens is 2. The van der Waals surface area contributed by atoms with Crippen LogP contribution in [0.4, 0.5) is 0 Å². The van der Waals surface area contributed by atoms with Crippen LogP contribution in [-0.2, 0) is 9.59 Å². The zero-order valence-corrected chi connectivity index (χ0v) is 15.8. The number of rotatable bonds is 2. The highest BCUT2D eigenvalue weighted by atomic mass is 79.9. The first-order chi connectivity index (χ1) is 11.4. The quantitative estimate of drug-likeness (QED) is 0.698. The largest absolute Gasteiger partial charge is 0.448 e.